The van der Waals surface area contributed by atoms with Crippen molar-refractivity contribution in [2.75, 3.05) is 7.11 Å². The second kappa shape index (κ2) is 8.85. The molecule has 0 unspecified atom stereocenters. The van der Waals surface area contributed by atoms with Gasteiger partial charge in [-0.1, -0.05) is 18.2 Å². The van der Waals surface area contributed by atoms with Gasteiger partial charge in [0.1, 0.15) is 5.75 Å². The van der Waals surface area contributed by atoms with E-state index in [9.17, 15) is 22.8 Å². The number of hydrogen-bond donors (Lipinski definition) is 2. The Morgan fingerprint density at radius 1 is 1.17 bits per heavy atom. The van der Waals surface area contributed by atoms with Gasteiger partial charge < -0.3 is 14.6 Å². The number of methoxy groups -OCH3 is 1. The molecule has 0 radical (unpaired) electrons. The lowest BCUT2D eigenvalue weighted by Crippen LogP contribution is -2.18. The van der Waals surface area contributed by atoms with Crippen LogP contribution < -0.4 is 10.3 Å². The maximum Gasteiger partial charge on any atom is 0.573 e. The minimum absolute atomic E-state index is 0.0749. The van der Waals surface area contributed by atoms with Gasteiger partial charge in [0, 0.05) is 36.0 Å². The van der Waals surface area contributed by atoms with Crippen LogP contribution in [0.3, 0.4) is 0 Å². The van der Waals surface area contributed by atoms with E-state index in [-0.39, 0.29) is 18.6 Å². The van der Waals surface area contributed by atoms with Crippen LogP contribution in [0.25, 0.3) is 0 Å². The molecule has 0 spiro atoms. The summed E-state index contributed by atoms with van der Waals surface area (Å²) in [5, 5.41) is 5.31. The Balaban J connectivity index is 1.91. The molecule has 0 aliphatic heterocycles. The molecule has 0 aliphatic rings. The van der Waals surface area contributed by atoms with Crippen molar-refractivity contribution in [1.29, 1.82) is 0 Å². The Morgan fingerprint density at radius 2 is 1.90 bits per heavy atom. The van der Waals surface area contributed by atoms with E-state index < -0.39 is 23.8 Å². The second-order valence-corrected chi connectivity index (χ2v) is 6.46. The third kappa shape index (κ3) is 5.28. The number of benzene rings is 1. The zero-order valence-electron chi connectivity index (χ0n) is 15.8. The molecule has 7 nitrogen and oxygen atoms in total. The van der Waals surface area contributed by atoms with Gasteiger partial charge in [-0.25, -0.2) is 0 Å². The van der Waals surface area contributed by atoms with Crippen molar-refractivity contribution < 1.29 is 27.4 Å². The maximum absolute atomic E-state index is 12.5. The average Bonchev–Trinajstić information content (AvgIpc) is 3.07. The molecule has 0 saturated heterocycles. The van der Waals surface area contributed by atoms with Crippen LogP contribution in [-0.2, 0) is 16.0 Å². The van der Waals surface area contributed by atoms with E-state index in [0.29, 0.717) is 22.4 Å². The lowest BCUT2D eigenvalue weighted by atomic mass is 9.88. The molecular weight excluding hydrogens is 403 g/mol. The number of halogens is 3. The van der Waals surface area contributed by atoms with E-state index in [1.807, 2.05) is 0 Å². The predicted octanol–water partition coefficient (Wildman–Crippen LogP) is 3.28. The number of H-pyrrole nitrogens is 2. The molecule has 30 heavy (non-hydrogen) atoms. The van der Waals surface area contributed by atoms with Gasteiger partial charge in [-0.15, -0.1) is 13.2 Å². The van der Waals surface area contributed by atoms with Gasteiger partial charge in [0.2, 0.25) is 0 Å². The third-order valence-electron chi connectivity index (χ3n) is 4.47. The summed E-state index contributed by atoms with van der Waals surface area (Å²) in [6.45, 7) is 0. The first-order chi connectivity index (χ1) is 14.3. The summed E-state index contributed by atoms with van der Waals surface area (Å²) in [7, 11) is 1.26. The van der Waals surface area contributed by atoms with Crippen molar-refractivity contribution in [3.63, 3.8) is 0 Å². The number of carbonyl (C=O) groups is 1. The molecule has 0 amide bonds. The van der Waals surface area contributed by atoms with Gasteiger partial charge in [0.15, 0.2) is 0 Å². The van der Waals surface area contributed by atoms with Crippen LogP contribution >= 0.6 is 0 Å². The first-order valence-corrected chi connectivity index (χ1v) is 8.87. The highest BCUT2D eigenvalue weighted by molar-refractivity contribution is 5.71. The van der Waals surface area contributed by atoms with E-state index in [1.165, 1.54) is 31.4 Å². The fourth-order valence-electron chi connectivity index (χ4n) is 3.14. The Kier molecular flexibility index (Phi) is 6.24. The van der Waals surface area contributed by atoms with Gasteiger partial charge in [0.05, 0.1) is 13.5 Å². The van der Waals surface area contributed by atoms with Crippen molar-refractivity contribution in [3.8, 4) is 5.75 Å². The fourth-order valence-corrected chi connectivity index (χ4v) is 3.14. The molecule has 3 aromatic rings. The van der Waals surface area contributed by atoms with E-state index in [2.05, 4.69) is 19.9 Å². The molecule has 0 saturated carbocycles. The van der Waals surface area contributed by atoms with Crippen molar-refractivity contribution in [1.82, 2.24) is 15.2 Å². The minimum Gasteiger partial charge on any atom is -0.469 e. The Hall–Kier alpha value is -3.56. The summed E-state index contributed by atoms with van der Waals surface area (Å²) in [5.41, 5.74) is 1.73. The van der Waals surface area contributed by atoms with E-state index in [0.717, 1.165) is 0 Å². The van der Waals surface area contributed by atoms with Crippen LogP contribution in [0.1, 0.15) is 34.7 Å². The van der Waals surface area contributed by atoms with Gasteiger partial charge in [-0.2, -0.15) is 0 Å². The molecule has 0 bridgehead atoms. The molecule has 2 N–H and O–H groups in total. The van der Waals surface area contributed by atoms with Crippen LogP contribution in [0.15, 0.2) is 53.6 Å². The molecule has 2 heterocycles. The molecular formula is C20H18F3N3O4. The lowest BCUT2D eigenvalue weighted by molar-refractivity contribution is -0.274. The van der Waals surface area contributed by atoms with Gasteiger partial charge >= 0.3 is 12.3 Å². The minimum atomic E-state index is -4.77. The SMILES string of the molecule is COC(=O)C[C@H](c1cccnc1)c1c(Cc2ccc(OC(F)(F)F)cc2)[nH][nH]c1=O. The maximum atomic E-state index is 12.5. The highest BCUT2D eigenvalue weighted by Gasteiger charge is 2.31. The number of aromatic amines is 2. The van der Waals surface area contributed by atoms with Crippen LogP contribution in [0, 0.1) is 0 Å². The standard InChI is InChI=1S/C20H18F3N3O4/c1-29-17(27)10-15(13-3-2-8-24-11-13)18-16(25-26-19(18)28)9-12-4-6-14(7-5-12)30-20(21,22)23/h2-8,11,15H,9-10H2,1H3,(H2,25,26,28)/t15-/m1/s1. The number of ether oxygens (including phenoxy) is 2. The molecule has 1 aromatic carbocycles. The molecule has 2 aromatic heterocycles. The zero-order chi connectivity index (χ0) is 21.7. The summed E-state index contributed by atoms with van der Waals surface area (Å²) in [6.07, 6.45) is -1.49. The van der Waals surface area contributed by atoms with E-state index >= 15 is 0 Å². The van der Waals surface area contributed by atoms with E-state index in [4.69, 9.17) is 4.74 Å². The third-order valence-corrected chi connectivity index (χ3v) is 4.47. The largest absolute Gasteiger partial charge is 0.573 e. The fraction of sp³-hybridized carbons (Fsp3) is 0.250. The van der Waals surface area contributed by atoms with Gasteiger partial charge in [-0.3, -0.25) is 19.7 Å². The van der Waals surface area contributed by atoms with Crippen LogP contribution in [0.4, 0.5) is 13.2 Å². The highest BCUT2D eigenvalue weighted by atomic mass is 19.4. The normalized spacial score (nSPS) is 12.4. The molecule has 0 fully saturated rings. The first kappa shape index (κ1) is 21.2. The zero-order valence-corrected chi connectivity index (χ0v) is 15.8. The summed E-state index contributed by atoms with van der Waals surface area (Å²) in [4.78, 5) is 28.5. The number of alkyl halides is 3. The predicted molar refractivity (Wildman–Crippen MR) is 100 cm³/mol. The lowest BCUT2D eigenvalue weighted by Gasteiger charge is -2.16. The van der Waals surface area contributed by atoms with Crippen LogP contribution in [0.2, 0.25) is 0 Å². The Labute approximate surface area is 168 Å². The number of nitrogens with one attached hydrogen (secondary N) is 2. The highest BCUT2D eigenvalue weighted by Crippen LogP contribution is 2.29. The number of pyridine rings is 1. The molecule has 158 valence electrons. The van der Waals surface area contributed by atoms with Gasteiger partial charge in [0.25, 0.3) is 5.56 Å². The number of aromatic nitrogens is 3. The first-order valence-electron chi connectivity index (χ1n) is 8.87. The number of esters is 1. The summed E-state index contributed by atoms with van der Waals surface area (Å²) in [5.74, 6) is -1.44. The summed E-state index contributed by atoms with van der Waals surface area (Å²) < 4.78 is 45.6. The molecule has 10 heteroatoms. The van der Waals surface area contributed by atoms with Gasteiger partial charge in [-0.05, 0) is 29.3 Å². The Bertz CT molecular complexity index is 1040. The topological polar surface area (TPSA) is 97.1 Å². The summed E-state index contributed by atoms with van der Waals surface area (Å²) >= 11 is 0. The van der Waals surface area contributed by atoms with Crippen molar-refractivity contribution in [2.45, 2.75) is 25.1 Å². The number of nitrogens with zero attached hydrogens (tertiary/aromatic N) is 1. The monoisotopic (exact) mass is 421 g/mol. The van der Waals surface area contributed by atoms with Crippen LogP contribution in [-0.4, -0.2) is 34.6 Å². The second-order valence-electron chi connectivity index (χ2n) is 6.46. The molecule has 3 rings (SSSR count). The summed E-state index contributed by atoms with van der Waals surface area (Å²) in [6, 6.07) is 8.77. The van der Waals surface area contributed by atoms with Crippen molar-refractivity contribution >= 4 is 5.97 Å². The molecule has 1 atom stereocenters. The van der Waals surface area contributed by atoms with Crippen molar-refractivity contribution in [2.24, 2.45) is 0 Å². The molecule has 0 aliphatic carbocycles. The van der Waals surface area contributed by atoms with Crippen LogP contribution in [0.5, 0.6) is 5.75 Å². The Morgan fingerprint density at radius 3 is 2.50 bits per heavy atom. The van der Waals surface area contributed by atoms with E-state index in [1.54, 1.807) is 24.5 Å². The number of rotatable bonds is 7. The number of hydrogen-bond acceptors (Lipinski definition) is 5. The average molecular weight is 421 g/mol. The quantitative estimate of drug-likeness (QED) is 0.571. The smallest absolute Gasteiger partial charge is 0.469 e. The van der Waals surface area contributed by atoms with Crippen molar-refractivity contribution in [3.05, 3.63) is 81.5 Å². The number of carbonyl (C=O) groups excluding carboxylic acids is 1.